The Morgan fingerprint density at radius 1 is 1.33 bits per heavy atom. The molecule has 0 bridgehead atoms. The van der Waals surface area contributed by atoms with Crippen LogP contribution in [0.5, 0.6) is 5.75 Å². The van der Waals surface area contributed by atoms with E-state index in [4.69, 9.17) is 5.11 Å². The summed E-state index contributed by atoms with van der Waals surface area (Å²) < 4.78 is 39.2. The van der Waals surface area contributed by atoms with Gasteiger partial charge < -0.3 is 15.2 Å². The predicted octanol–water partition coefficient (Wildman–Crippen LogP) is 1.99. The van der Waals surface area contributed by atoms with E-state index in [0.717, 1.165) is 0 Å². The van der Waals surface area contributed by atoms with Crippen LogP contribution in [-0.2, 0) is 0 Å². The molecular formula is C9H10F3NO2. The zero-order valence-electron chi connectivity index (χ0n) is 7.71. The number of halogens is 3. The monoisotopic (exact) mass is 221 g/mol. The lowest BCUT2D eigenvalue weighted by molar-refractivity contribution is -0.274. The summed E-state index contributed by atoms with van der Waals surface area (Å²) in [7, 11) is 0. The Morgan fingerprint density at radius 2 is 2.07 bits per heavy atom. The number of nitrogens with one attached hydrogen (secondary N) is 1. The molecule has 0 atom stereocenters. The average molecular weight is 221 g/mol. The van der Waals surface area contributed by atoms with Gasteiger partial charge in [-0.1, -0.05) is 6.07 Å². The van der Waals surface area contributed by atoms with Crippen LogP contribution in [0.15, 0.2) is 24.3 Å². The van der Waals surface area contributed by atoms with Crippen molar-refractivity contribution in [3.63, 3.8) is 0 Å². The molecule has 1 rings (SSSR count). The van der Waals surface area contributed by atoms with Crippen molar-refractivity contribution < 1.29 is 23.0 Å². The molecule has 0 aliphatic rings. The predicted molar refractivity (Wildman–Crippen MR) is 48.7 cm³/mol. The fraction of sp³-hybridized carbons (Fsp3) is 0.333. The van der Waals surface area contributed by atoms with Gasteiger partial charge in [0, 0.05) is 18.3 Å². The summed E-state index contributed by atoms with van der Waals surface area (Å²) >= 11 is 0. The van der Waals surface area contributed by atoms with Gasteiger partial charge in [-0.3, -0.25) is 0 Å². The van der Waals surface area contributed by atoms with Crippen molar-refractivity contribution in [1.29, 1.82) is 0 Å². The smallest absolute Gasteiger partial charge is 0.406 e. The first kappa shape index (κ1) is 11.6. The summed E-state index contributed by atoms with van der Waals surface area (Å²) in [4.78, 5) is 0. The van der Waals surface area contributed by atoms with Crippen molar-refractivity contribution in [3.8, 4) is 5.75 Å². The fourth-order valence-electron chi connectivity index (χ4n) is 1.00. The molecule has 6 heteroatoms. The number of anilines is 1. The third-order valence-corrected chi connectivity index (χ3v) is 1.51. The number of aliphatic hydroxyl groups is 1. The lowest BCUT2D eigenvalue weighted by atomic mass is 10.3. The van der Waals surface area contributed by atoms with Crippen LogP contribution in [0.3, 0.4) is 0 Å². The highest BCUT2D eigenvalue weighted by atomic mass is 19.4. The molecule has 0 amide bonds. The molecule has 0 aliphatic heterocycles. The fourth-order valence-corrected chi connectivity index (χ4v) is 1.00. The third-order valence-electron chi connectivity index (χ3n) is 1.51. The zero-order valence-corrected chi connectivity index (χ0v) is 7.71. The van der Waals surface area contributed by atoms with E-state index in [2.05, 4.69) is 10.1 Å². The Kier molecular flexibility index (Phi) is 3.79. The van der Waals surface area contributed by atoms with Crippen molar-refractivity contribution in [2.24, 2.45) is 0 Å². The molecule has 1 aromatic rings. The number of hydrogen-bond acceptors (Lipinski definition) is 3. The van der Waals surface area contributed by atoms with E-state index in [1.165, 1.54) is 18.2 Å². The maximum Gasteiger partial charge on any atom is 0.573 e. The average Bonchev–Trinajstić information content (AvgIpc) is 2.12. The first-order chi connectivity index (χ1) is 7.01. The maximum atomic E-state index is 11.8. The lowest BCUT2D eigenvalue weighted by Gasteiger charge is -2.10. The van der Waals surface area contributed by atoms with Gasteiger partial charge in [-0.05, 0) is 12.1 Å². The van der Waals surface area contributed by atoms with Crippen LogP contribution in [0.4, 0.5) is 18.9 Å². The number of ether oxygens (including phenoxy) is 1. The minimum atomic E-state index is -4.68. The van der Waals surface area contributed by atoms with Crippen LogP contribution in [0.25, 0.3) is 0 Å². The molecule has 0 unspecified atom stereocenters. The van der Waals surface area contributed by atoms with E-state index in [1.54, 1.807) is 6.07 Å². The summed E-state index contributed by atoms with van der Waals surface area (Å²) in [6.07, 6.45) is -4.68. The first-order valence-corrected chi connectivity index (χ1v) is 4.22. The largest absolute Gasteiger partial charge is 0.573 e. The Hall–Kier alpha value is -1.43. The number of aliphatic hydroxyl groups excluding tert-OH is 1. The highest BCUT2D eigenvalue weighted by molar-refractivity contribution is 5.48. The van der Waals surface area contributed by atoms with Crippen molar-refractivity contribution in [3.05, 3.63) is 24.3 Å². The Balaban J connectivity index is 2.66. The quantitative estimate of drug-likeness (QED) is 0.816. The lowest BCUT2D eigenvalue weighted by Crippen LogP contribution is -2.17. The van der Waals surface area contributed by atoms with E-state index in [0.29, 0.717) is 5.69 Å². The van der Waals surface area contributed by atoms with Crippen LogP contribution in [0.1, 0.15) is 0 Å². The molecule has 3 nitrogen and oxygen atoms in total. The summed E-state index contributed by atoms with van der Waals surface area (Å²) in [6, 6.07) is 5.43. The SMILES string of the molecule is OCCNc1cccc(OC(F)(F)F)c1. The van der Waals surface area contributed by atoms with Gasteiger partial charge in [0.2, 0.25) is 0 Å². The second-order valence-corrected chi connectivity index (χ2v) is 2.73. The standard InChI is InChI=1S/C9H10F3NO2/c10-9(11,12)15-8-3-1-2-7(6-8)13-4-5-14/h1-3,6,13-14H,4-5H2. The van der Waals surface area contributed by atoms with Gasteiger partial charge in [-0.15, -0.1) is 13.2 Å². The molecule has 0 aliphatic carbocycles. The van der Waals surface area contributed by atoms with E-state index in [-0.39, 0.29) is 18.9 Å². The summed E-state index contributed by atoms with van der Waals surface area (Å²) in [5.74, 6) is -0.287. The molecule has 2 N–H and O–H groups in total. The highest BCUT2D eigenvalue weighted by Crippen LogP contribution is 2.24. The minimum Gasteiger partial charge on any atom is -0.406 e. The van der Waals surface area contributed by atoms with Gasteiger partial charge in [0.15, 0.2) is 0 Å². The molecular weight excluding hydrogens is 211 g/mol. The third kappa shape index (κ3) is 4.55. The Morgan fingerprint density at radius 3 is 2.67 bits per heavy atom. The molecule has 15 heavy (non-hydrogen) atoms. The van der Waals surface area contributed by atoms with Crippen LogP contribution in [0, 0.1) is 0 Å². The van der Waals surface area contributed by atoms with E-state index in [9.17, 15) is 13.2 Å². The second-order valence-electron chi connectivity index (χ2n) is 2.73. The zero-order chi connectivity index (χ0) is 11.3. The van der Waals surface area contributed by atoms with Gasteiger partial charge >= 0.3 is 6.36 Å². The Labute approximate surface area is 84.5 Å². The van der Waals surface area contributed by atoms with Crippen molar-refractivity contribution in [2.45, 2.75) is 6.36 Å². The molecule has 0 saturated carbocycles. The van der Waals surface area contributed by atoms with E-state index >= 15 is 0 Å². The van der Waals surface area contributed by atoms with Crippen LogP contribution >= 0.6 is 0 Å². The summed E-state index contributed by atoms with van der Waals surface area (Å²) in [5, 5.41) is 11.2. The number of alkyl halides is 3. The first-order valence-electron chi connectivity index (χ1n) is 4.22. The van der Waals surface area contributed by atoms with Crippen LogP contribution in [-0.4, -0.2) is 24.6 Å². The van der Waals surface area contributed by atoms with Gasteiger partial charge in [0.25, 0.3) is 0 Å². The molecule has 84 valence electrons. The Bertz CT molecular complexity index is 314. The molecule has 1 aromatic carbocycles. The van der Waals surface area contributed by atoms with Gasteiger partial charge in [-0.25, -0.2) is 0 Å². The number of hydrogen-bond donors (Lipinski definition) is 2. The summed E-state index contributed by atoms with van der Waals surface area (Å²) in [5.41, 5.74) is 0.464. The minimum absolute atomic E-state index is 0.0929. The van der Waals surface area contributed by atoms with Gasteiger partial charge in [0.1, 0.15) is 5.75 Å². The van der Waals surface area contributed by atoms with Crippen molar-refractivity contribution in [2.75, 3.05) is 18.5 Å². The number of rotatable bonds is 4. The van der Waals surface area contributed by atoms with E-state index < -0.39 is 6.36 Å². The van der Waals surface area contributed by atoms with Crippen LogP contribution in [0.2, 0.25) is 0 Å². The van der Waals surface area contributed by atoms with Crippen LogP contribution < -0.4 is 10.1 Å². The molecule has 0 aromatic heterocycles. The van der Waals surface area contributed by atoms with Gasteiger partial charge in [0.05, 0.1) is 6.61 Å². The molecule has 0 heterocycles. The highest BCUT2D eigenvalue weighted by Gasteiger charge is 2.31. The van der Waals surface area contributed by atoms with Crippen molar-refractivity contribution >= 4 is 5.69 Å². The van der Waals surface area contributed by atoms with Gasteiger partial charge in [-0.2, -0.15) is 0 Å². The maximum absolute atomic E-state index is 11.8. The van der Waals surface area contributed by atoms with Crippen molar-refractivity contribution in [1.82, 2.24) is 0 Å². The number of benzene rings is 1. The van der Waals surface area contributed by atoms with E-state index in [1.807, 2.05) is 0 Å². The molecule has 0 radical (unpaired) electrons. The molecule has 0 spiro atoms. The summed E-state index contributed by atoms with van der Waals surface area (Å²) in [6.45, 7) is 0.180. The topological polar surface area (TPSA) is 41.5 Å². The normalized spacial score (nSPS) is 11.2. The molecule has 0 saturated heterocycles. The molecule has 0 fully saturated rings. The second kappa shape index (κ2) is 4.88.